The van der Waals surface area contributed by atoms with E-state index in [0.717, 1.165) is 25.3 Å². The van der Waals surface area contributed by atoms with Gasteiger partial charge in [-0.25, -0.2) is 0 Å². The van der Waals surface area contributed by atoms with Crippen molar-refractivity contribution in [1.82, 2.24) is 5.32 Å². The van der Waals surface area contributed by atoms with Gasteiger partial charge in [0.25, 0.3) is 0 Å². The molecule has 1 heterocycles. The van der Waals surface area contributed by atoms with Gasteiger partial charge in [0, 0.05) is 24.6 Å². The Hall–Kier alpha value is -1.62. The molecule has 1 N–H and O–H groups in total. The fraction of sp³-hybridized carbons (Fsp3) is 0.571. The Bertz CT molecular complexity index is 391. The molecule has 2 rings (SSSR count). The van der Waals surface area contributed by atoms with Crippen LogP contribution in [0.25, 0.3) is 0 Å². The average Bonchev–Trinajstić information content (AvgIpc) is 2.97. The van der Waals surface area contributed by atoms with Gasteiger partial charge in [0.05, 0.1) is 27.9 Å². The van der Waals surface area contributed by atoms with E-state index >= 15 is 0 Å². The summed E-state index contributed by atoms with van der Waals surface area (Å²) in [5, 5.41) is 3.32. The zero-order valence-corrected chi connectivity index (χ0v) is 11.7. The minimum Gasteiger partial charge on any atom is -0.493 e. The van der Waals surface area contributed by atoms with Crippen LogP contribution in [0, 0.1) is 5.92 Å². The number of benzene rings is 1. The number of methoxy groups -OCH3 is 3. The van der Waals surface area contributed by atoms with E-state index in [9.17, 15) is 0 Å². The van der Waals surface area contributed by atoms with E-state index in [0.29, 0.717) is 29.8 Å². The maximum Gasteiger partial charge on any atom is 0.203 e. The van der Waals surface area contributed by atoms with Crippen LogP contribution in [0.1, 0.15) is 6.42 Å². The van der Waals surface area contributed by atoms with Gasteiger partial charge in [0.1, 0.15) is 5.75 Å². The minimum atomic E-state index is 0.569. The van der Waals surface area contributed by atoms with Crippen LogP contribution in [0.5, 0.6) is 23.0 Å². The Labute approximate surface area is 113 Å². The third kappa shape index (κ3) is 3.23. The molecular formula is C14H21NO4. The third-order valence-electron chi connectivity index (χ3n) is 3.29. The second-order valence-corrected chi connectivity index (χ2v) is 4.53. The van der Waals surface area contributed by atoms with E-state index in [4.69, 9.17) is 18.9 Å². The molecule has 0 spiro atoms. The lowest BCUT2D eigenvalue weighted by molar-refractivity contribution is 0.255. The Balaban J connectivity index is 2.11. The van der Waals surface area contributed by atoms with Gasteiger partial charge < -0.3 is 24.3 Å². The first kappa shape index (κ1) is 13.8. The SMILES string of the molecule is COc1cc(OCC2CCNC2)cc(OC)c1OC. The minimum absolute atomic E-state index is 0.569. The zero-order chi connectivity index (χ0) is 13.7. The zero-order valence-electron chi connectivity index (χ0n) is 11.7. The van der Waals surface area contributed by atoms with Crippen LogP contribution in [0.15, 0.2) is 12.1 Å². The van der Waals surface area contributed by atoms with E-state index in [1.54, 1.807) is 21.3 Å². The first-order valence-corrected chi connectivity index (χ1v) is 6.42. The highest BCUT2D eigenvalue weighted by Crippen LogP contribution is 2.40. The maximum atomic E-state index is 5.82. The van der Waals surface area contributed by atoms with Crippen molar-refractivity contribution in [3.05, 3.63) is 12.1 Å². The van der Waals surface area contributed by atoms with E-state index in [1.165, 1.54) is 0 Å². The molecule has 1 saturated heterocycles. The predicted octanol–water partition coefficient (Wildman–Crippen LogP) is 1.70. The first-order valence-electron chi connectivity index (χ1n) is 6.42. The Morgan fingerprint density at radius 2 is 1.79 bits per heavy atom. The number of rotatable bonds is 6. The molecule has 0 aromatic heterocycles. The molecule has 106 valence electrons. The standard InChI is InChI=1S/C14H21NO4/c1-16-12-6-11(7-13(17-2)14(12)18-3)19-9-10-4-5-15-8-10/h6-7,10,15H,4-5,8-9H2,1-3H3. The van der Waals surface area contributed by atoms with Crippen LogP contribution in [0.2, 0.25) is 0 Å². The van der Waals surface area contributed by atoms with Crippen molar-refractivity contribution in [2.45, 2.75) is 6.42 Å². The molecule has 5 heteroatoms. The van der Waals surface area contributed by atoms with Crippen molar-refractivity contribution >= 4 is 0 Å². The van der Waals surface area contributed by atoms with Gasteiger partial charge in [-0.3, -0.25) is 0 Å². The Kier molecular flexibility index (Phi) is 4.74. The van der Waals surface area contributed by atoms with Gasteiger partial charge in [-0.15, -0.1) is 0 Å². The normalized spacial score (nSPS) is 18.2. The van der Waals surface area contributed by atoms with Crippen molar-refractivity contribution in [3.8, 4) is 23.0 Å². The molecule has 1 fully saturated rings. The molecule has 1 unspecified atom stereocenters. The lowest BCUT2D eigenvalue weighted by atomic mass is 10.1. The van der Waals surface area contributed by atoms with Gasteiger partial charge in [0.2, 0.25) is 5.75 Å². The summed E-state index contributed by atoms with van der Waals surface area (Å²) in [6.07, 6.45) is 1.16. The van der Waals surface area contributed by atoms with E-state index in [1.807, 2.05) is 12.1 Å². The molecule has 1 aromatic carbocycles. The number of hydrogen-bond acceptors (Lipinski definition) is 5. The van der Waals surface area contributed by atoms with Crippen molar-refractivity contribution in [1.29, 1.82) is 0 Å². The molecule has 5 nitrogen and oxygen atoms in total. The van der Waals surface area contributed by atoms with Gasteiger partial charge >= 0.3 is 0 Å². The van der Waals surface area contributed by atoms with Crippen LogP contribution in [-0.2, 0) is 0 Å². The Morgan fingerprint density at radius 3 is 2.26 bits per heavy atom. The summed E-state index contributed by atoms with van der Waals surface area (Å²) >= 11 is 0. The highest BCUT2D eigenvalue weighted by atomic mass is 16.5. The largest absolute Gasteiger partial charge is 0.493 e. The second kappa shape index (κ2) is 6.52. The number of ether oxygens (including phenoxy) is 4. The van der Waals surface area contributed by atoms with E-state index < -0.39 is 0 Å². The molecule has 0 bridgehead atoms. The molecule has 0 radical (unpaired) electrons. The van der Waals surface area contributed by atoms with Crippen molar-refractivity contribution in [3.63, 3.8) is 0 Å². The highest BCUT2D eigenvalue weighted by molar-refractivity contribution is 5.55. The lowest BCUT2D eigenvalue weighted by Crippen LogP contribution is -2.15. The molecule has 0 saturated carbocycles. The molecular weight excluding hydrogens is 246 g/mol. The van der Waals surface area contributed by atoms with E-state index in [2.05, 4.69) is 5.32 Å². The number of nitrogens with one attached hydrogen (secondary N) is 1. The van der Waals surface area contributed by atoms with Crippen molar-refractivity contribution in [2.24, 2.45) is 5.92 Å². The van der Waals surface area contributed by atoms with E-state index in [-0.39, 0.29) is 0 Å². The van der Waals surface area contributed by atoms with Crippen LogP contribution < -0.4 is 24.3 Å². The van der Waals surface area contributed by atoms with Crippen LogP contribution >= 0.6 is 0 Å². The molecule has 0 amide bonds. The lowest BCUT2D eigenvalue weighted by Gasteiger charge is -2.16. The van der Waals surface area contributed by atoms with Crippen LogP contribution in [0.3, 0.4) is 0 Å². The van der Waals surface area contributed by atoms with Gasteiger partial charge in [-0.1, -0.05) is 0 Å². The fourth-order valence-electron chi connectivity index (χ4n) is 2.21. The van der Waals surface area contributed by atoms with Crippen LogP contribution in [-0.4, -0.2) is 41.0 Å². The topological polar surface area (TPSA) is 49.0 Å². The summed E-state index contributed by atoms with van der Waals surface area (Å²) in [5.74, 6) is 3.11. The maximum absolute atomic E-state index is 5.82. The quantitative estimate of drug-likeness (QED) is 0.850. The summed E-state index contributed by atoms with van der Waals surface area (Å²) in [4.78, 5) is 0. The third-order valence-corrected chi connectivity index (χ3v) is 3.29. The van der Waals surface area contributed by atoms with Gasteiger partial charge in [0.15, 0.2) is 11.5 Å². The van der Waals surface area contributed by atoms with Crippen LogP contribution in [0.4, 0.5) is 0 Å². The first-order chi connectivity index (χ1) is 9.28. The molecule has 1 aliphatic rings. The van der Waals surface area contributed by atoms with Gasteiger partial charge in [-0.05, 0) is 13.0 Å². The predicted molar refractivity (Wildman–Crippen MR) is 72.6 cm³/mol. The number of hydrogen-bond donors (Lipinski definition) is 1. The summed E-state index contributed by atoms with van der Waals surface area (Å²) < 4.78 is 21.7. The summed E-state index contributed by atoms with van der Waals surface area (Å²) in [5.41, 5.74) is 0. The molecule has 1 aliphatic heterocycles. The van der Waals surface area contributed by atoms with Gasteiger partial charge in [-0.2, -0.15) is 0 Å². The van der Waals surface area contributed by atoms with Crippen molar-refractivity contribution < 1.29 is 18.9 Å². The Morgan fingerprint density at radius 1 is 1.11 bits per heavy atom. The highest BCUT2D eigenvalue weighted by Gasteiger charge is 2.17. The smallest absolute Gasteiger partial charge is 0.203 e. The average molecular weight is 267 g/mol. The molecule has 19 heavy (non-hydrogen) atoms. The fourth-order valence-corrected chi connectivity index (χ4v) is 2.21. The van der Waals surface area contributed by atoms with Crippen molar-refractivity contribution in [2.75, 3.05) is 41.0 Å². The molecule has 0 aliphatic carbocycles. The molecule has 1 aromatic rings. The monoisotopic (exact) mass is 267 g/mol. The summed E-state index contributed by atoms with van der Waals surface area (Å²) in [7, 11) is 4.79. The second-order valence-electron chi connectivity index (χ2n) is 4.53. The summed E-state index contributed by atoms with van der Waals surface area (Å²) in [6, 6.07) is 3.65. The molecule has 1 atom stereocenters. The summed E-state index contributed by atoms with van der Waals surface area (Å²) in [6.45, 7) is 2.79.